The molecule has 0 amide bonds. The van der Waals surface area contributed by atoms with E-state index in [9.17, 15) is 5.11 Å². The van der Waals surface area contributed by atoms with Gasteiger partial charge in [0, 0.05) is 22.4 Å². The summed E-state index contributed by atoms with van der Waals surface area (Å²) in [5, 5.41) is 22.0. The van der Waals surface area contributed by atoms with Crippen LogP contribution in [0.15, 0.2) is 47.2 Å². The maximum Gasteiger partial charge on any atom is 0.142 e. The molecule has 0 saturated heterocycles. The second-order valence-electron chi connectivity index (χ2n) is 6.48. The molecule has 0 aromatic heterocycles. The fraction of sp³-hybridized carbons (Fsp3) is 0.278. The number of aromatic hydroxyl groups is 1. The maximum atomic E-state index is 10.5. The third-order valence-electron chi connectivity index (χ3n) is 3.46. The fourth-order valence-electron chi connectivity index (χ4n) is 2.27. The Balaban J connectivity index is 2.37. The minimum Gasteiger partial charge on any atom is -0.505 e. The third-order valence-corrected chi connectivity index (χ3v) is 3.69. The van der Waals surface area contributed by atoms with Crippen molar-refractivity contribution in [2.24, 2.45) is 0 Å². The van der Waals surface area contributed by atoms with Gasteiger partial charge in [-0.3, -0.25) is 0 Å². The zero-order valence-electron chi connectivity index (χ0n) is 13.3. The van der Waals surface area contributed by atoms with Crippen LogP contribution in [0, 0.1) is 12.3 Å². The summed E-state index contributed by atoms with van der Waals surface area (Å²) in [5.41, 5.74) is 3.48. The monoisotopic (exact) mass is 316 g/mol. The van der Waals surface area contributed by atoms with E-state index in [0.717, 1.165) is 11.1 Å². The zero-order valence-corrected chi connectivity index (χ0v) is 14.0. The number of hydrogen-bond donors (Lipinski definition) is 3. The smallest absolute Gasteiger partial charge is 0.142 e. The molecule has 0 bridgehead atoms. The number of anilines is 1. The molecule has 1 aliphatic rings. The first-order chi connectivity index (χ1) is 10.2. The topological polar surface area (TPSA) is 56.1 Å². The van der Waals surface area contributed by atoms with Crippen LogP contribution in [0.25, 0.3) is 0 Å². The second-order valence-corrected chi connectivity index (χ2v) is 6.92. The van der Waals surface area contributed by atoms with Gasteiger partial charge in [0.1, 0.15) is 5.75 Å². The van der Waals surface area contributed by atoms with Gasteiger partial charge in [0.2, 0.25) is 0 Å². The van der Waals surface area contributed by atoms with Gasteiger partial charge in [-0.25, -0.2) is 0 Å². The standard InChI is InChI=1S/C18H21ClN2O/c1-11-7-14(18(2,3)4)17(22)16(8-11)21-10-12-9-13(19)5-6-15(12)20/h5-10,20-22H,1-4H3/b12-10-,20-15?. The van der Waals surface area contributed by atoms with Gasteiger partial charge >= 0.3 is 0 Å². The number of phenols is 1. The van der Waals surface area contributed by atoms with Crippen molar-refractivity contribution in [3.05, 3.63) is 58.3 Å². The van der Waals surface area contributed by atoms with Crippen molar-refractivity contribution >= 4 is 23.0 Å². The lowest BCUT2D eigenvalue weighted by atomic mass is 9.85. The number of allylic oxidation sites excluding steroid dienone is 5. The van der Waals surface area contributed by atoms with Crippen LogP contribution in [0.3, 0.4) is 0 Å². The summed E-state index contributed by atoms with van der Waals surface area (Å²) in [6.07, 6.45) is 6.74. The van der Waals surface area contributed by atoms with E-state index in [1.54, 1.807) is 24.4 Å². The van der Waals surface area contributed by atoms with Crippen molar-refractivity contribution in [1.29, 1.82) is 5.41 Å². The van der Waals surface area contributed by atoms with Crippen LogP contribution in [-0.2, 0) is 5.41 Å². The van der Waals surface area contributed by atoms with Crippen LogP contribution in [0.5, 0.6) is 5.75 Å². The molecule has 0 unspecified atom stereocenters. The Bertz CT molecular complexity index is 707. The molecule has 1 aromatic carbocycles. The molecule has 0 heterocycles. The lowest BCUT2D eigenvalue weighted by Crippen LogP contribution is -2.12. The lowest BCUT2D eigenvalue weighted by Gasteiger charge is -2.23. The van der Waals surface area contributed by atoms with Gasteiger partial charge in [0.05, 0.1) is 11.4 Å². The molecular weight excluding hydrogens is 296 g/mol. The lowest BCUT2D eigenvalue weighted by molar-refractivity contribution is 0.449. The fourth-order valence-corrected chi connectivity index (χ4v) is 2.45. The highest BCUT2D eigenvalue weighted by molar-refractivity contribution is 6.33. The summed E-state index contributed by atoms with van der Waals surface area (Å²) < 4.78 is 0. The minimum absolute atomic E-state index is 0.150. The van der Waals surface area contributed by atoms with Crippen molar-refractivity contribution in [2.75, 3.05) is 5.32 Å². The number of aryl methyl sites for hydroxylation is 1. The van der Waals surface area contributed by atoms with Crippen molar-refractivity contribution in [3.63, 3.8) is 0 Å². The first-order valence-electron chi connectivity index (χ1n) is 7.13. The molecule has 0 fully saturated rings. The van der Waals surface area contributed by atoms with Gasteiger partial charge in [-0.2, -0.15) is 0 Å². The van der Waals surface area contributed by atoms with Crippen molar-refractivity contribution in [1.82, 2.24) is 0 Å². The molecule has 1 aromatic rings. The van der Waals surface area contributed by atoms with Crippen molar-refractivity contribution in [2.45, 2.75) is 33.1 Å². The van der Waals surface area contributed by atoms with Gasteiger partial charge in [-0.15, -0.1) is 0 Å². The predicted molar refractivity (Wildman–Crippen MR) is 94.1 cm³/mol. The molecule has 2 rings (SSSR count). The first-order valence-corrected chi connectivity index (χ1v) is 7.51. The van der Waals surface area contributed by atoms with Gasteiger partial charge < -0.3 is 15.8 Å². The highest BCUT2D eigenvalue weighted by Gasteiger charge is 2.20. The van der Waals surface area contributed by atoms with Gasteiger partial charge in [0.25, 0.3) is 0 Å². The van der Waals surface area contributed by atoms with E-state index in [0.29, 0.717) is 22.0 Å². The van der Waals surface area contributed by atoms with Crippen LogP contribution in [0.4, 0.5) is 5.69 Å². The first kappa shape index (κ1) is 16.4. The van der Waals surface area contributed by atoms with Crippen LogP contribution in [0.1, 0.15) is 31.9 Å². The van der Waals surface area contributed by atoms with E-state index < -0.39 is 0 Å². The Hall–Kier alpha value is -2.00. The summed E-state index contributed by atoms with van der Waals surface area (Å²) in [4.78, 5) is 0. The van der Waals surface area contributed by atoms with Crippen LogP contribution in [-0.4, -0.2) is 10.8 Å². The quantitative estimate of drug-likeness (QED) is 0.672. The van der Waals surface area contributed by atoms with E-state index in [1.165, 1.54) is 0 Å². The predicted octanol–water partition coefficient (Wildman–Crippen LogP) is 5.01. The molecule has 0 atom stereocenters. The number of benzene rings is 1. The normalized spacial score (nSPS) is 16.9. The highest BCUT2D eigenvalue weighted by Crippen LogP contribution is 2.37. The average molecular weight is 317 g/mol. The summed E-state index contributed by atoms with van der Waals surface area (Å²) in [6.45, 7) is 8.19. The number of nitrogens with one attached hydrogen (secondary N) is 2. The van der Waals surface area contributed by atoms with E-state index in [4.69, 9.17) is 17.0 Å². The Kier molecular flexibility index (Phi) is 4.47. The largest absolute Gasteiger partial charge is 0.505 e. The Morgan fingerprint density at radius 2 is 1.91 bits per heavy atom. The maximum absolute atomic E-state index is 10.5. The van der Waals surface area contributed by atoms with E-state index in [2.05, 4.69) is 26.1 Å². The van der Waals surface area contributed by atoms with Gasteiger partial charge in [-0.1, -0.05) is 38.4 Å². The van der Waals surface area contributed by atoms with Crippen LogP contribution in [0.2, 0.25) is 0 Å². The molecule has 0 aliphatic heterocycles. The molecular formula is C18H21ClN2O. The third kappa shape index (κ3) is 3.60. The molecule has 0 saturated carbocycles. The summed E-state index contributed by atoms with van der Waals surface area (Å²) in [7, 11) is 0. The average Bonchev–Trinajstić information content (AvgIpc) is 2.41. The number of phenolic OH excluding ortho intramolecular Hbond substituents is 1. The molecule has 1 aliphatic carbocycles. The van der Waals surface area contributed by atoms with Crippen LogP contribution < -0.4 is 5.32 Å². The van der Waals surface area contributed by atoms with Gasteiger partial charge in [-0.05, 0) is 42.2 Å². The van der Waals surface area contributed by atoms with E-state index in [1.807, 2.05) is 19.1 Å². The molecule has 4 heteroatoms. The van der Waals surface area contributed by atoms with Crippen molar-refractivity contribution in [3.8, 4) is 5.75 Å². The van der Waals surface area contributed by atoms with Gasteiger partial charge in [0.15, 0.2) is 0 Å². The minimum atomic E-state index is -0.150. The number of hydrogen-bond acceptors (Lipinski definition) is 3. The molecule has 22 heavy (non-hydrogen) atoms. The van der Waals surface area contributed by atoms with Crippen LogP contribution >= 0.6 is 11.6 Å². The van der Waals surface area contributed by atoms with E-state index in [-0.39, 0.29) is 11.2 Å². The summed E-state index contributed by atoms with van der Waals surface area (Å²) >= 11 is 5.96. The molecule has 3 N–H and O–H groups in total. The Morgan fingerprint density at radius 3 is 2.55 bits per heavy atom. The number of halogens is 1. The molecule has 0 spiro atoms. The molecule has 0 radical (unpaired) electrons. The zero-order chi connectivity index (χ0) is 16.5. The number of rotatable bonds is 2. The van der Waals surface area contributed by atoms with E-state index >= 15 is 0 Å². The summed E-state index contributed by atoms with van der Waals surface area (Å²) in [5.74, 6) is 0.239. The SMILES string of the molecule is Cc1cc(N/C=C2/C=C(Cl)C=CC2=N)c(O)c(C(C)(C)C)c1. The highest BCUT2D eigenvalue weighted by atomic mass is 35.5. The Morgan fingerprint density at radius 1 is 1.23 bits per heavy atom. The second kappa shape index (κ2) is 6.01. The molecule has 116 valence electrons. The summed E-state index contributed by atoms with van der Waals surface area (Å²) in [6, 6.07) is 3.88. The van der Waals surface area contributed by atoms with Crippen molar-refractivity contribution < 1.29 is 5.11 Å². The Labute approximate surface area is 136 Å². The molecule has 3 nitrogen and oxygen atoms in total.